The second-order valence-electron chi connectivity index (χ2n) is 5.90. The van der Waals surface area contributed by atoms with Gasteiger partial charge in [0, 0.05) is 32.6 Å². The van der Waals surface area contributed by atoms with Crippen LogP contribution in [0, 0.1) is 23.7 Å². The minimum absolute atomic E-state index is 0.371. The molecule has 0 radical (unpaired) electrons. The molecule has 2 saturated heterocycles. The van der Waals surface area contributed by atoms with Crippen LogP contribution in [-0.4, -0.2) is 37.0 Å². The average Bonchev–Trinajstić information content (AvgIpc) is 2.75. The fourth-order valence-corrected chi connectivity index (χ4v) is 2.70. The highest BCUT2D eigenvalue weighted by atomic mass is 16.2. The first-order valence-corrected chi connectivity index (χ1v) is 6.56. The van der Waals surface area contributed by atoms with Crippen molar-refractivity contribution < 1.29 is 4.79 Å². The van der Waals surface area contributed by atoms with Crippen LogP contribution in [0.15, 0.2) is 0 Å². The molecule has 2 heterocycles. The molecule has 16 heavy (non-hydrogen) atoms. The van der Waals surface area contributed by atoms with Gasteiger partial charge in [0.05, 0.1) is 0 Å². The third kappa shape index (κ3) is 2.40. The molecule has 1 amide bonds. The fourth-order valence-electron chi connectivity index (χ4n) is 2.70. The lowest BCUT2D eigenvalue weighted by molar-refractivity contribution is -0.131. The summed E-state index contributed by atoms with van der Waals surface area (Å²) in [5, 5.41) is 3.40. The highest BCUT2D eigenvalue weighted by molar-refractivity contribution is 5.76. The number of carbonyl (C=O) groups is 1. The van der Waals surface area contributed by atoms with Gasteiger partial charge in [-0.3, -0.25) is 4.79 Å². The molecule has 0 spiro atoms. The van der Waals surface area contributed by atoms with Crippen molar-refractivity contribution in [1.29, 1.82) is 0 Å². The number of hydrogen-bond acceptors (Lipinski definition) is 2. The number of carbonyl (C=O) groups excluding carboxylic acids is 1. The third-order valence-corrected chi connectivity index (χ3v) is 4.38. The zero-order chi connectivity index (χ0) is 11.7. The molecule has 0 aromatic carbocycles. The molecule has 0 aromatic rings. The van der Waals surface area contributed by atoms with E-state index in [1.807, 2.05) is 0 Å². The number of nitrogens with one attached hydrogen (secondary N) is 1. The van der Waals surface area contributed by atoms with E-state index in [1.165, 1.54) is 0 Å². The van der Waals surface area contributed by atoms with Crippen molar-refractivity contribution in [3.63, 3.8) is 0 Å². The van der Waals surface area contributed by atoms with Crippen LogP contribution in [0.3, 0.4) is 0 Å². The zero-order valence-corrected chi connectivity index (χ0v) is 10.7. The van der Waals surface area contributed by atoms with E-state index in [0.29, 0.717) is 17.7 Å². The highest BCUT2D eigenvalue weighted by Crippen LogP contribution is 2.27. The molecule has 3 heteroatoms. The Bertz CT molecular complexity index is 253. The SMILES string of the molecule is CC(C)C(C)CC(=O)N1C[C@H]2CNC[C@H]2C1. The molecule has 0 bridgehead atoms. The van der Waals surface area contributed by atoms with Crippen molar-refractivity contribution >= 4 is 5.91 Å². The minimum Gasteiger partial charge on any atom is -0.342 e. The predicted molar refractivity (Wildman–Crippen MR) is 65.0 cm³/mol. The summed E-state index contributed by atoms with van der Waals surface area (Å²) in [5.74, 6) is 2.92. The Morgan fingerprint density at radius 3 is 2.31 bits per heavy atom. The van der Waals surface area contributed by atoms with Crippen LogP contribution >= 0.6 is 0 Å². The summed E-state index contributed by atoms with van der Waals surface area (Å²) in [6, 6.07) is 0. The van der Waals surface area contributed by atoms with E-state index in [9.17, 15) is 4.79 Å². The summed E-state index contributed by atoms with van der Waals surface area (Å²) < 4.78 is 0. The van der Waals surface area contributed by atoms with Crippen LogP contribution in [-0.2, 0) is 4.79 Å². The predicted octanol–water partition coefficient (Wildman–Crippen LogP) is 1.35. The summed E-state index contributed by atoms with van der Waals surface area (Å²) in [7, 11) is 0. The standard InChI is InChI=1S/C13H24N2O/c1-9(2)10(3)4-13(16)15-7-11-5-14-6-12(11)8-15/h9-12,14H,4-8H2,1-3H3/t10?,11-,12+. The first kappa shape index (κ1) is 11.9. The zero-order valence-electron chi connectivity index (χ0n) is 10.7. The van der Waals surface area contributed by atoms with Crippen LogP contribution in [0.1, 0.15) is 27.2 Å². The molecule has 3 atom stereocenters. The number of amides is 1. The molecule has 2 fully saturated rings. The molecule has 0 saturated carbocycles. The van der Waals surface area contributed by atoms with E-state index < -0.39 is 0 Å². The smallest absolute Gasteiger partial charge is 0.222 e. The third-order valence-electron chi connectivity index (χ3n) is 4.38. The van der Waals surface area contributed by atoms with E-state index in [-0.39, 0.29) is 0 Å². The Morgan fingerprint density at radius 1 is 1.25 bits per heavy atom. The Morgan fingerprint density at radius 2 is 1.81 bits per heavy atom. The van der Waals surface area contributed by atoms with Crippen molar-refractivity contribution in [1.82, 2.24) is 10.2 Å². The van der Waals surface area contributed by atoms with Crippen molar-refractivity contribution in [3.05, 3.63) is 0 Å². The van der Waals surface area contributed by atoms with E-state index in [0.717, 1.165) is 44.4 Å². The van der Waals surface area contributed by atoms with Crippen molar-refractivity contribution in [3.8, 4) is 0 Å². The van der Waals surface area contributed by atoms with Gasteiger partial charge in [0.15, 0.2) is 0 Å². The maximum absolute atomic E-state index is 12.1. The number of fused-ring (bicyclic) bond motifs is 1. The van der Waals surface area contributed by atoms with Gasteiger partial charge in [0.1, 0.15) is 0 Å². The lowest BCUT2D eigenvalue weighted by atomic mass is 9.94. The van der Waals surface area contributed by atoms with E-state index in [1.54, 1.807) is 0 Å². The summed E-state index contributed by atoms with van der Waals surface area (Å²) in [5.41, 5.74) is 0. The summed E-state index contributed by atoms with van der Waals surface area (Å²) >= 11 is 0. The molecular weight excluding hydrogens is 200 g/mol. The molecule has 1 N–H and O–H groups in total. The largest absolute Gasteiger partial charge is 0.342 e. The second kappa shape index (κ2) is 4.74. The topological polar surface area (TPSA) is 32.3 Å². The van der Waals surface area contributed by atoms with Gasteiger partial charge in [-0.25, -0.2) is 0 Å². The Hall–Kier alpha value is -0.570. The van der Waals surface area contributed by atoms with Gasteiger partial charge >= 0.3 is 0 Å². The Labute approximate surface area is 98.6 Å². The molecule has 2 aliphatic rings. The molecule has 1 unspecified atom stereocenters. The molecule has 0 aliphatic carbocycles. The van der Waals surface area contributed by atoms with Gasteiger partial charge in [-0.15, -0.1) is 0 Å². The average molecular weight is 224 g/mol. The van der Waals surface area contributed by atoms with Gasteiger partial charge in [-0.1, -0.05) is 20.8 Å². The first-order chi connectivity index (χ1) is 7.58. The number of nitrogens with zero attached hydrogens (tertiary/aromatic N) is 1. The van der Waals surface area contributed by atoms with Crippen LogP contribution in [0.2, 0.25) is 0 Å². The summed E-state index contributed by atoms with van der Waals surface area (Å²) in [6.45, 7) is 10.8. The van der Waals surface area contributed by atoms with Gasteiger partial charge < -0.3 is 10.2 Å². The van der Waals surface area contributed by atoms with Crippen LogP contribution < -0.4 is 5.32 Å². The van der Waals surface area contributed by atoms with Crippen LogP contribution in [0.25, 0.3) is 0 Å². The Balaban J connectivity index is 1.83. The molecule has 3 nitrogen and oxygen atoms in total. The minimum atomic E-state index is 0.371. The number of likely N-dealkylation sites (tertiary alicyclic amines) is 1. The summed E-state index contributed by atoms with van der Waals surface area (Å²) in [4.78, 5) is 14.2. The van der Waals surface area contributed by atoms with Crippen molar-refractivity contribution in [2.75, 3.05) is 26.2 Å². The van der Waals surface area contributed by atoms with Gasteiger partial charge in [-0.2, -0.15) is 0 Å². The Kier molecular flexibility index (Phi) is 3.53. The van der Waals surface area contributed by atoms with E-state index in [4.69, 9.17) is 0 Å². The van der Waals surface area contributed by atoms with E-state index >= 15 is 0 Å². The first-order valence-electron chi connectivity index (χ1n) is 6.56. The lowest BCUT2D eigenvalue weighted by Crippen LogP contribution is -2.33. The monoisotopic (exact) mass is 224 g/mol. The molecule has 2 aliphatic heterocycles. The molecule has 2 rings (SSSR count). The maximum atomic E-state index is 12.1. The summed E-state index contributed by atoms with van der Waals surface area (Å²) in [6.07, 6.45) is 0.727. The highest BCUT2D eigenvalue weighted by Gasteiger charge is 2.38. The van der Waals surface area contributed by atoms with E-state index in [2.05, 4.69) is 31.0 Å². The molecule has 92 valence electrons. The maximum Gasteiger partial charge on any atom is 0.222 e. The number of rotatable bonds is 3. The normalized spacial score (nSPS) is 30.9. The molecular formula is C13H24N2O. The van der Waals surface area contributed by atoms with Crippen LogP contribution in [0.4, 0.5) is 0 Å². The van der Waals surface area contributed by atoms with Gasteiger partial charge in [0.2, 0.25) is 5.91 Å². The second-order valence-corrected chi connectivity index (χ2v) is 5.90. The fraction of sp³-hybridized carbons (Fsp3) is 0.923. The van der Waals surface area contributed by atoms with Crippen LogP contribution in [0.5, 0.6) is 0 Å². The molecule has 0 aromatic heterocycles. The quantitative estimate of drug-likeness (QED) is 0.785. The van der Waals surface area contributed by atoms with Gasteiger partial charge in [0.25, 0.3) is 0 Å². The van der Waals surface area contributed by atoms with Gasteiger partial charge in [-0.05, 0) is 23.7 Å². The van der Waals surface area contributed by atoms with Crippen molar-refractivity contribution in [2.45, 2.75) is 27.2 Å². The number of hydrogen-bond donors (Lipinski definition) is 1. The lowest BCUT2D eigenvalue weighted by Gasteiger charge is -2.21. The van der Waals surface area contributed by atoms with Crippen molar-refractivity contribution in [2.24, 2.45) is 23.7 Å².